The van der Waals surface area contributed by atoms with E-state index in [-0.39, 0.29) is 11.2 Å². The van der Waals surface area contributed by atoms with E-state index < -0.39 is 10.8 Å². The Morgan fingerprint density at radius 1 is 1.62 bits per heavy atom. The first-order valence-electron chi connectivity index (χ1n) is 4.17. The molecule has 2 unspecified atom stereocenters. The Labute approximate surface area is 81.5 Å². The Morgan fingerprint density at radius 3 is 2.69 bits per heavy atom. The van der Waals surface area contributed by atoms with Gasteiger partial charge in [-0.3, -0.25) is 9.00 Å². The quantitative estimate of drug-likeness (QED) is 0.488. The van der Waals surface area contributed by atoms with E-state index in [1.807, 2.05) is 6.92 Å². The number of ether oxygens (including phenoxy) is 1. The molecule has 0 aromatic heterocycles. The van der Waals surface area contributed by atoms with E-state index in [0.29, 0.717) is 19.5 Å². The van der Waals surface area contributed by atoms with Crippen molar-refractivity contribution in [3.05, 3.63) is 0 Å². The van der Waals surface area contributed by atoms with Crippen molar-refractivity contribution in [3.63, 3.8) is 0 Å². The summed E-state index contributed by atoms with van der Waals surface area (Å²) in [4.78, 5) is 10.7. The maximum atomic E-state index is 10.9. The minimum Gasteiger partial charge on any atom is -0.469 e. The topological polar surface area (TPSA) is 55.4 Å². The van der Waals surface area contributed by atoms with Gasteiger partial charge in [0.25, 0.3) is 0 Å². The molecular weight excluding hydrogens is 190 g/mol. The molecule has 4 nitrogen and oxygen atoms in total. The first-order valence-corrected chi connectivity index (χ1v) is 5.79. The number of nitrogens with one attached hydrogen (secondary N) is 1. The van der Waals surface area contributed by atoms with Crippen LogP contribution < -0.4 is 5.32 Å². The van der Waals surface area contributed by atoms with Crippen molar-refractivity contribution < 1.29 is 13.7 Å². The third kappa shape index (κ3) is 6.72. The fraction of sp³-hybridized carbons (Fsp3) is 0.875. The van der Waals surface area contributed by atoms with Crippen LogP contribution in [0.25, 0.3) is 0 Å². The summed E-state index contributed by atoms with van der Waals surface area (Å²) < 4.78 is 15.4. The second-order valence-corrected chi connectivity index (χ2v) is 4.64. The van der Waals surface area contributed by atoms with Crippen LogP contribution in [-0.4, -0.2) is 41.9 Å². The molecule has 0 saturated carbocycles. The second-order valence-electron chi connectivity index (χ2n) is 2.84. The number of hydrogen-bond donors (Lipinski definition) is 1. The summed E-state index contributed by atoms with van der Waals surface area (Å²) in [5, 5.41) is 3.16. The van der Waals surface area contributed by atoms with E-state index in [0.717, 1.165) is 0 Å². The average Bonchev–Trinajstić information content (AvgIpc) is 2.11. The molecule has 0 saturated heterocycles. The van der Waals surface area contributed by atoms with Gasteiger partial charge in [0.2, 0.25) is 0 Å². The lowest BCUT2D eigenvalue weighted by Crippen LogP contribution is -2.29. The Morgan fingerprint density at radius 2 is 2.23 bits per heavy atom. The number of esters is 1. The molecule has 0 aliphatic rings. The van der Waals surface area contributed by atoms with E-state index in [1.165, 1.54) is 7.11 Å². The molecule has 0 bridgehead atoms. The molecule has 0 aliphatic heterocycles. The molecule has 0 heterocycles. The summed E-state index contributed by atoms with van der Waals surface area (Å²) >= 11 is 0. The Hall–Kier alpha value is -0.420. The molecule has 78 valence electrons. The van der Waals surface area contributed by atoms with Crippen molar-refractivity contribution in [2.75, 3.05) is 26.5 Å². The van der Waals surface area contributed by atoms with Gasteiger partial charge < -0.3 is 10.1 Å². The van der Waals surface area contributed by atoms with Crippen molar-refractivity contribution in [2.45, 2.75) is 18.6 Å². The lowest BCUT2D eigenvalue weighted by Gasteiger charge is -2.08. The highest BCUT2D eigenvalue weighted by molar-refractivity contribution is 7.84. The van der Waals surface area contributed by atoms with E-state index in [1.54, 1.807) is 6.26 Å². The van der Waals surface area contributed by atoms with Crippen molar-refractivity contribution in [3.8, 4) is 0 Å². The number of rotatable bonds is 6. The van der Waals surface area contributed by atoms with E-state index in [2.05, 4.69) is 10.1 Å². The summed E-state index contributed by atoms with van der Waals surface area (Å²) in [5.41, 5.74) is 0. The number of carbonyl (C=O) groups excluding carboxylic acids is 1. The average molecular weight is 207 g/mol. The fourth-order valence-corrected chi connectivity index (χ4v) is 1.07. The number of methoxy groups -OCH3 is 1. The summed E-state index contributed by atoms with van der Waals surface area (Å²) in [6.07, 6.45) is 2.03. The van der Waals surface area contributed by atoms with E-state index in [9.17, 15) is 9.00 Å². The smallest absolute Gasteiger partial charge is 0.306 e. The highest BCUT2D eigenvalue weighted by atomic mass is 32.2. The molecule has 13 heavy (non-hydrogen) atoms. The van der Waals surface area contributed by atoms with Crippen LogP contribution in [0.15, 0.2) is 0 Å². The Kier molecular flexibility index (Phi) is 6.80. The molecule has 0 fully saturated rings. The maximum Gasteiger partial charge on any atom is 0.306 e. The molecule has 2 atom stereocenters. The van der Waals surface area contributed by atoms with Gasteiger partial charge in [-0.05, 0) is 6.92 Å². The first kappa shape index (κ1) is 12.6. The van der Waals surface area contributed by atoms with E-state index >= 15 is 0 Å². The van der Waals surface area contributed by atoms with Crippen molar-refractivity contribution in [2.24, 2.45) is 0 Å². The molecule has 5 heteroatoms. The SMILES string of the molecule is COC(=O)CCNCC(C)S(C)=O. The minimum atomic E-state index is -0.805. The van der Waals surface area contributed by atoms with Gasteiger partial charge in [0.15, 0.2) is 0 Å². The predicted octanol–water partition coefficient (Wildman–Crippen LogP) is -0.0939. The Bertz CT molecular complexity index is 184. The Balaban J connectivity index is 3.35. The van der Waals surface area contributed by atoms with Crippen LogP contribution in [0.5, 0.6) is 0 Å². The van der Waals surface area contributed by atoms with Crippen LogP contribution >= 0.6 is 0 Å². The van der Waals surface area contributed by atoms with Gasteiger partial charge in [-0.15, -0.1) is 0 Å². The summed E-state index contributed by atoms with van der Waals surface area (Å²) in [5.74, 6) is -0.224. The van der Waals surface area contributed by atoms with Gasteiger partial charge in [0, 0.05) is 35.4 Å². The van der Waals surface area contributed by atoms with Gasteiger partial charge >= 0.3 is 5.97 Å². The van der Waals surface area contributed by atoms with Crippen LogP contribution in [0.2, 0.25) is 0 Å². The van der Waals surface area contributed by atoms with Crippen molar-refractivity contribution in [1.82, 2.24) is 5.32 Å². The molecule has 0 amide bonds. The first-order chi connectivity index (χ1) is 6.07. The summed E-state index contributed by atoms with van der Waals surface area (Å²) in [7, 11) is 0.562. The molecule has 0 aromatic carbocycles. The molecule has 0 radical (unpaired) electrons. The molecular formula is C8H17NO3S. The monoisotopic (exact) mass is 207 g/mol. The molecule has 1 N–H and O–H groups in total. The largest absolute Gasteiger partial charge is 0.469 e. The van der Waals surface area contributed by atoms with Gasteiger partial charge in [-0.1, -0.05) is 0 Å². The summed E-state index contributed by atoms with van der Waals surface area (Å²) in [6.45, 7) is 3.15. The van der Waals surface area contributed by atoms with Gasteiger partial charge in [-0.25, -0.2) is 0 Å². The highest BCUT2D eigenvalue weighted by Gasteiger charge is 2.05. The number of carbonyl (C=O) groups is 1. The van der Waals surface area contributed by atoms with Crippen LogP contribution in [0.3, 0.4) is 0 Å². The van der Waals surface area contributed by atoms with Crippen LogP contribution in [0, 0.1) is 0 Å². The zero-order valence-electron chi connectivity index (χ0n) is 8.33. The molecule has 0 spiro atoms. The fourth-order valence-electron chi connectivity index (χ4n) is 0.715. The van der Waals surface area contributed by atoms with Crippen LogP contribution in [0.1, 0.15) is 13.3 Å². The van der Waals surface area contributed by atoms with Gasteiger partial charge in [0.05, 0.1) is 13.5 Å². The normalized spacial score (nSPS) is 15.0. The zero-order valence-corrected chi connectivity index (χ0v) is 9.15. The third-order valence-corrected chi connectivity index (χ3v) is 3.03. The molecule has 0 rings (SSSR count). The predicted molar refractivity (Wildman–Crippen MR) is 53.0 cm³/mol. The van der Waals surface area contributed by atoms with Gasteiger partial charge in [0.1, 0.15) is 0 Å². The lowest BCUT2D eigenvalue weighted by molar-refractivity contribution is -0.140. The standard InChI is InChI=1S/C8H17NO3S/c1-7(13(3)11)6-9-5-4-8(10)12-2/h7,9H,4-6H2,1-3H3. The summed E-state index contributed by atoms with van der Waals surface area (Å²) in [6, 6.07) is 0. The highest BCUT2D eigenvalue weighted by Crippen LogP contribution is 1.89. The minimum absolute atomic E-state index is 0.123. The third-order valence-electron chi connectivity index (χ3n) is 1.73. The van der Waals surface area contributed by atoms with Crippen molar-refractivity contribution >= 4 is 16.8 Å². The van der Waals surface area contributed by atoms with Gasteiger partial charge in [-0.2, -0.15) is 0 Å². The maximum absolute atomic E-state index is 10.9. The molecule has 0 aliphatic carbocycles. The zero-order chi connectivity index (χ0) is 10.3. The van der Waals surface area contributed by atoms with Crippen molar-refractivity contribution in [1.29, 1.82) is 0 Å². The second kappa shape index (κ2) is 7.03. The number of hydrogen-bond acceptors (Lipinski definition) is 4. The molecule has 0 aromatic rings. The van der Waals surface area contributed by atoms with E-state index in [4.69, 9.17) is 0 Å². The van der Waals surface area contributed by atoms with Crippen LogP contribution in [0.4, 0.5) is 0 Å². The lowest BCUT2D eigenvalue weighted by atomic mass is 10.4. The van der Waals surface area contributed by atoms with Crippen LogP contribution in [-0.2, 0) is 20.3 Å².